The molecular weight excluding hydrogens is 208 g/mol. The second-order valence-corrected chi connectivity index (χ2v) is 3.79. The highest BCUT2D eigenvalue weighted by Crippen LogP contribution is 2.33. The molecular formula is C11H14N2O3. The average Bonchev–Trinajstić information content (AvgIpc) is 2.29. The van der Waals surface area contributed by atoms with E-state index in [9.17, 15) is 10.1 Å². The molecule has 0 saturated heterocycles. The summed E-state index contributed by atoms with van der Waals surface area (Å²) in [5.41, 5.74) is 7.37. The topological polar surface area (TPSA) is 78.4 Å². The van der Waals surface area contributed by atoms with Crippen LogP contribution in [0.5, 0.6) is 5.75 Å². The van der Waals surface area contributed by atoms with Gasteiger partial charge in [0.05, 0.1) is 11.5 Å². The van der Waals surface area contributed by atoms with Gasteiger partial charge in [0.25, 0.3) is 5.69 Å². The van der Waals surface area contributed by atoms with Gasteiger partial charge in [0.1, 0.15) is 5.75 Å². The van der Waals surface area contributed by atoms with Crippen molar-refractivity contribution < 1.29 is 9.66 Å². The molecule has 0 spiro atoms. The number of benzene rings is 1. The predicted octanol–water partition coefficient (Wildman–Crippen LogP) is 1.42. The quantitative estimate of drug-likeness (QED) is 0.619. The lowest BCUT2D eigenvalue weighted by molar-refractivity contribution is -0.385. The highest BCUT2D eigenvalue weighted by molar-refractivity contribution is 5.53. The molecule has 0 saturated carbocycles. The largest absolute Gasteiger partial charge is 0.493 e. The lowest BCUT2D eigenvalue weighted by Gasteiger charge is -2.19. The number of nitrogens with two attached hydrogens (primary N) is 1. The van der Waals surface area contributed by atoms with Crippen LogP contribution in [-0.4, -0.2) is 18.1 Å². The van der Waals surface area contributed by atoms with Crippen LogP contribution in [-0.2, 0) is 12.8 Å². The SMILES string of the molecule is NCCc1c([N+](=O)[O-])ccc2c1CCCO2. The Morgan fingerprint density at radius 2 is 2.31 bits per heavy atom. The van der Waals surface area contributed by atoms with Crippen molar-refractivity contribution in [2.75, 3.05) is 13.2 Å². The Labute approximate surface area is 93.4 Å². The third kappa shape index (κ3) is 1.86. The number of nitrogens with zero attached hydrogens (tertiary/aromatic N) is 1. The van der Waals surface area contributed by atoms with Gasteiger partial charge >= 0.3 is 0 Å². The molecule has 5 heteroatoms. The molecule has 0 bridgehead atoms. The molecule has 5 nitrogen and oxygen atoms in total. The van der Waals surface area contributed by atoms with E-state index in [-0.39, 0.29) is 10.6 Å². The van der Waals surface area contributed by atoms with Crippen LogP contribution in [0.25, 0.3) is 0 Å². The first-order valence-electron chi connectivity index (χ1n) is 5.36. The summed E-state index contributed by atoms with van der Waals surface area (Å²) in [4.78, 5) is 10.6. The lowest BCUT2D eigenvalue weighted by Crippen LogP contribution is -2.14. The van der Waals surface area contributed by atoms with Crippen molar-refractivity contribution in [2.24, 2.45) is 5.73 Å². The van der Waals surface area contributed by atoms with Gasteiger partial charge in [-0.1, -0.05) is 0 Å². The Kier molecular flexibility index (Phi) is 3.05. The number of rotatable bonds is 3. The Hall–Kier alpha value is -1.62. The Bertz CT molecular complexity index is 418. The van der Waals surface area contributed by atoms with Gasteiger partial charge in [-0.25, -0.2) is 0 Å². The maximum Gasteiger partial charge on any atom is 0.273 e. The molecule has 1 aliphatic heterocycles. The predicted molar refractivity (Wildman–Crippen MR) is 59.7 cm³/mol. The smallest absolute Gasteiger partial charge is 0.273 e. The molecule has 0 fully saturated rings. The van der Waals surface area contributed by atoms with E-state index in [1.54, 1.807) is 6.07 Å². The third-order valence-corrected chi connectivity index (χ3v) is 2.78. The van der Waals surface area contributed by atoms with Crippen LogP contribution in [0.1, 0.15) is 17.5 Å². The van der Waals surface area contributed by atoms with Crippen LogP contribution >= 0.6 is 0 Å². The van der Waals surface area contributed by atoms with Gasteiger partial charge in [-0.05, 0) is 31.9 Å². The van der Waals surface area contributed by atoms with Crippen molar-refractivity contribution in [1.29, 1.82) is 0 Å². The molecule has 1 aromatic carbocycles. The molecule has 0 amide bonds. The van der Waals surface area contributed by atoms with Crippen LogP contribution in [0.2, 0.25) is 0 Å². The van der Waals surface area contributed by atoms with Gasteiger partial charge in [0.2, 0.25) is 0 Å². The zero-order chi connectivity index (χ0) is 11.5. The van der Waals surface area contributed by atoms with E-state index < -0.39 is 0 Å². The van der Waals surface area contributed by atoms with Gasteiger partial charge in [0, 0.05) is 17.2 Å². The molecule has 1 aliphatic rings. The highest BCUT2D eigenvalue weighted by atomic mass is 16.6. The van der Waals surface area contributed by atoms with Crippen LogP contribution in [0, 0.1) is 10.1 Å². The molecule has 1 aromatic rings. The lowest BCUT2D eigenvalue weighted by atomic mass is 9.96. The monoisotopic (exact) mass is 222 g/mol. The summed E-state index contributed by atoms with van der Waals surface area (Å²) in [7, 11) is 0. The molecule has 0 aliphatic carbocycles. The van der Waals surface area contributed by atoms with Crippen LogP contribution in [0.3, 0.4) is 0 Å². The van der Waals surface area contributed by atoms with E-state index in [2.05, 4.69) is 0 Å². The van der Waals surface area contributed by atoms with E-state index in [4.69, 9.17) is 10.5 Å². The zero-order valence-corrected chi connectivity index (χ0v) is 8.94. The zero-order valence-electron chi connectivity index (χ0n) is 8.94. The van der Waals surface area contributed by atoms with Crippen molar-refractivity contribution in [3.63, 3.8) is 0 Å². The Balaban J connectivity index is 2.52. The number of hydrogen-bond acceptors (Lipinski definition) is 4. The first-order valence-corrected chi connectivity index (χ1v) is 5.36. The summed E-state index contributed by atoms with van der Waals surface area (Å²) in [6, 6.07) is 3.20. The fourth-order valence-electron chi connectivity index (χ4n) is 2.09. The summed E-state index contributed by atoms with van der Waals surface area (Å²) >= 11 is 0. The molecule has 86 valence electrons. The number of hydrogen-bond donors (Lipinski definition) is 1. The Morgan fingerprint density at radius 3 is 3.00 bits per heavy atom. The first kappa shape index (κ1) is 10.9. The highest BCUT2D eigenvalue weighted by Gasteiger charge is 2.22. The van der Waals surface area contributed by atoms with Crippen LogP contribution < -0.4 is 10.5 Å². The molecule has 2 rings (SSSR count). The summed E-state index contributed by atoms with van der Waals surface area (Å²) < 4.78 is 5.48. The van der Waals surface area contributed by atoms with Gasteiger partial charge in [0.15, 0.2) is 0 Å². The summed E-state index contributed by atoms with van der Waals surface area (Å²) in [5.74, 6) is 0.778. The van der Waals surface area contributed by atoms with E-state index in [1.807, 2.05) is 0 Å². The van der Waals surface area contributed by atoms with Gasteiger partial charge < -0.3 is 10.5 Å². The van der Waals surface area contributed by atoms with E-state index in [0.717, 1.165) is 29.7 Å². The second kappa shape index (κ2) is 4.49. The van der Waals surface area contributed by atoms with Crippen molar-refractivity contribution in [3.05, 3.63) is 33.4 Å². The number of nitro groups is 1. The third-order valence-electron chi connectivity index (χ3n) is 2.78. The Morgan fingerprint density at radius 1 is 1.50 bits per heavy atom. The number of nitro benzene ring substituents is 1. The van der Waals surface area contributed by atoms with Crippen molar-refractivity contribution in [3.8, 4) is 5.75 Å². The van der Waals surface area contributed by atoms with Gasteiger partial charge in [-0.3, -0.25) is 10.1 Å². The average molecular weight is 222 g/mol. The molecule has 2 N–H and O–H groups in total. The minimum Gasteiger partial charge on any atom is -0.493 e. The minimum atomic E-state index is -0.347. The molecule has 0 unspecified atom stereocenters. The van der Waals surface area contributed by atoms with Crippen molar-refractivity contribution >= 4 is 5.69 Å². The van der Waals surface area contributed by atoms with Crippen LogP contribution in [0.4, 0.5) is 5.69 Å². The second-order valence-electron chi connectivity index (χ2n) is 3.79. The molecule has 0 radical (unpaired) electrons. The fourth-order valence-corrected chi connectivity index (χ4v) is 2.09. The standard InChI is InChI=1S/C11H14N2O3/c12-6-5-8-9-2-1-7-16-11(9)4-3-10(8)13(14)15/h3-4H,1-2,5-7,12H2. The molecule has 16 heavy (non-hydrogen) atoms. The van der Waals surface area contributed by atoms with Gasteiger partial charge in [-0.2, -0.15) is 0 Å². The first-order chi connectivity index (χ1) is 7.74. The van der Waals surface area contributed by atoms with E-state index in [0.29, 0.717) is 19.6 Å². The number of ether oxygens (including phenoxy) is 1. The van der Waals surface area contributed by atoms with Gasteiger partial charge in [-0.15, -0.1) is 0 Å². The maximum atomic E-state index is 10.9. The van der Waals surface area contributed by atoms with Crippen molar-refractivity contribution in [1.82, 2.24) is 0 Å². The van der Waals surface area contributed by atoms with Crippen LogP contribution in [0.15, 0.2) is 12.1 Å². The molecule has 1 heterocycles. The minimum absolute atomic E-state index is 0.162. The van der Waals surface area contributed by atoms with Crippen molar-refractivity contribution in [2.45, 2.75) is 19.3 Å². The van der Waals surface area contributed by atoms with E-state index in [1.165, 1.54) is 6.07 Å². The summed E-state index contributed by atoms with van der Waals surface area (Å²) in [6.07, 6.45) is 2.28. The fraction of sp³-hybridized carbons (Fsp3) is 0.455. The number of fused-ring (bicyclic) bond motifs is 1. The molecule has 0 atom stereocenters. The summed E-state index contributed by atoms with van der Waals surface area (Å²) in [6.45, 7) is 1.10. The normalized spacial score (nSPS) is 14.1. The summed E-state index contributed by atoms with van der Waals surface area (Å²) in [5, 5.41) is 10.9. The molecule has 0 aromatic heterocycles. The van der Waals surface area contributed by atoms with E-state index >= 15 is 0 Å². The maximum absolute atomic E-state index is 10.9.